The number of aryl methyl sites for hydroxylation is 2. The number of nitrogens with zero attached hydrogens (tertiary/aromatic N) is 2. The first kappa shape index (κ1) is 14.7. The zero-order chi connectivity index (χ0) is 12.8. The monoisotopic (exact) mass is 302 g/mol. The van der Waals surface area contributed by atoms with Gasteiger partial charge in [-0.25, -0.2) is 0 Å². The van der Waals surface area contributed by atoms with Gasteiger partial charge in [-0.05, 0) is 36.2 Å². The standard InChI is InChI=1S/C12H23BrN4/c1-4-6-7-10(15-14)8-11-12(13)9(3)16-17(11)5-2/h10,15H,4-8,14H2,1-3H3. The van der Waals surface area contributed by atoms with E-state index in [1.807, 2.05) is 6.92 Å². The van der Waals surface area contributed by atoms with Crippen molar-refractivity contribution >= 4 is 15.9 Å². The molecule has 0 radical (unpaired) electrons. The first-order chi connectivity index (χ1) is 8.13. The molecule has 0 bridgehead atoms. The molecule has 4 nitrogen and oxygen atoms in total. The number of hydrazine groups is 1. The molecule has 3 N–H and O–H groups in total. The molecule has 1 heterocycles. The minimum absolute atomic E-state index is 0.327. The lowest BCUT2D eigenvalue weighted by atomic mass is 10.1. The number of hydrogen-bond acceptors (Lipinski definition) is 3. The van der Waals surface area contributed by atoms with E-state index in [1.165, 1.54) is 18.5 Å². The Hall–Kier alpha value is -0.390. The van der Waals surface area contributed by atoms with Gasteiger partial charge in [0.1, 0.15) is 0 Å². The molecule has 1 atom stereocenters. The van der Waals surface area contributed by atoms with Crippen molar-refractivity contribution < 1.29 is 0 Å². The van der Waals surface area contributed by atoms with Crippen LogP contribution in [0.2, 0.25) is 0 Å². The number of hydrogen-bond donors (Lipinski definition) is 2. The van der Waals surface area contributed by atoms with Crippen LogP contribution >= 0.6 is 15.9 Å². The summed E-state index contributed by atoms with van der Waals surface area (Å²) in [6, 6.07) is 0.327. The molecule has 1 aromatic heterocycles. The number of aromatic nitrogens is 2. The average molecular weight is 303 g/mol. The van der Waals surface area contributed by atoms with Crippen LogP contribution in [-0.2, 0) is 13.0 Å². The molecular weight excluding hydrogens is 280 g/mol. The molecule has 0 aliphatic rings. The number of unbranched alkanes of at least 4 members (excludes halogenated alkanes) is 1. The Kier molecular flexibility index (Phi) is 6.16. The van der Waals surface area contributed by atoms with Gasteiger partial charge < -0.3 is 0 Å². The van der Waals surface area contributed by atoms with Crippen LogP contribution in [0, 0.1) is 6.92 Å². The van der Waals surface area contributed by atoms with Crippen molar-refractivity contribution in [2.75, 3.05) is 0 Å². The maximum Gasteiger partial charge on any atom is 0.0738 e. The van der Waals surface area contributed by atoms with Crippen LogP contribution in [0.1, 0.15) is 44.5 Å². The second-order valence-electron chi connectivity index (χ2n) is 4.37. The van der Waals surface area contributed by atoms with E-state index in [0.717, 1.165) is 29.6 Å². The van der Waals surface area contributed by atoms with Crippen molar-refractivity contribution in [3.63, 3.8) is 0 Å². The number of rotatable bonds is 7. The fourth-order valence-corrected chi connectivity index (χ4v) is 2.44. The zero-order valence-electron chi connectivity index (χ0n) is 11.0. The van der Waals surface area contributed by atoms with Gasteiger partial charge >= 0.3 is 0 Å². The minimum atomic E-state index is 0.327. The van der Waals surface area contributed by atoms with Gasteiger partial charge in [0, 0.05) is 19.0 Å². The van der Waals surface area contributed by atoms with Crippen LogP contribution < -0.4 is 11.3 Å². The van der Waals surface area contributed by atoms with Gasteiger partial charge in [0.05, 0.1) is 15.9 Å². The number of halogens is 1. The molecule has 0 fully saturated rings. The Balaban J connectivity index is 2.77. The Morgan fingerprint density at radius 2 is 2.18 bits per heavy atom. The van der Waals surface area contributed by atoms with Gasteiger partial charge in [0.15, 0.2) is 0 Å². The molecule has 98 valence electrons. The fraction of sp³-hybridized carbons (Fsp3) is 0.750. The molecule has 1 rings (SSSR count). The maximum atomic E-state index is 5.61. The highest BCUT2D eigenvalue weighted by Crippen LogP contribution is 2.23. The van der Waals surface area contributed by atoms with E-state index in [2.05, 4.69) is 45.0 Å². The molecule has 0 aliphatic heterocycles. The average Bonchev–Trinajstić information content (AvgIpc) is 2.61. The van der Waals surface area contributed by atoms with Crippen LogP contribution in [0.5, 0.6) is 0 Å². The molecule has 17 heavy (non-hydrogen) atoms. The molecule has 5 heteroatoms. The molecule has 1 aromatic rings. The van der Waals surface area contributed by atoms with Gasteiger partial charge in [0.2, 0.25) is 0 Å². The van der Waals surface area contributed by atoms with Gasteiger partial charge in [-0.3, -0.25) is 16.0 Å². The molecule has 1 unspecified atom stereocenters. The van der Waals surface area contributed by atoms with E-state index in [4.69, 9.17) is 5.84 Å². The number of nitrogens with two attached hydrogens (primary N) is 1. The van der Waals surface area contributed by atoms with Crippen LogP contribution in [-0.4, -0.2) is 15.8 Å². The summed E-state index contributed by atoms with van der Waals surface area (Å²) in [5.41, 5.74) is 5.20. The lowest BCUT2D eigenvalue weighted by Crippen LogP contribution is -2.37. The van der Waals surface area contributed by atoms with E-state index < -0.39 is 0 Å². The Bertz CT molecular complexity index is 349. The quantitative estimate of drug-likeness (QED) is 0.601. The number of nitrogens with one attached hydrogen (secondary N) is 1. The third-order valence-electron chi connectivity index (χ3n) is 3.03. The third kappa shape index (κ3) is 3.79. The summed E-state index contributed by atoms with van der Waals surface area (Å²) in [5, 5.41) is 4.50. The van der Waals surface area contributed by atoms with E-state index in [1.54, 1.807) is 0 Å². The summed E-state index contributed by atoms with van der Waals surface area (Å²) >= 11 is 3.62. The molecular formula is C12H23BrN4. The highest BCUT2D eigenvalue weighted by molar-refractivity contribution is 9.10. The smallest absolute Gasteiger partial charge is 0.0738 e. The predicted octanol–water partition coefficient (Wildman–Crippen LogP) is 2.54. The van der Waals surface area contributed by atoms with Crippen molar-refractivity contribution in [3.05, 3.63) is 15.9 Å². The largest absolute Gasteiger partial charge is 0.271 e. The SMILES string of the molecule is CCCCC(Cc1c(Br)c(C)nn1CC)NN. The first-order valence-electron chi connectivity index (χ1n) is 6.31. The van der Waals surface area contributed by atoms with Gasteiger partial charge in [-0.1, -0.05) is 19.8 Å². The van der Waals surface area contributed by atoms with Crippen LogP contribution in [0.4, 0.5) is 0 Å². The lowest BCUT2D eigenvalue weighted by molar-refractivity contribution is 0.456. The fourth-order valence-electron chi connectivity index (χ4n) is 1.99. The molecule has 0 spiro atoms. The Labute approximate surface area is 112 Å². The van der Waals surface area contributed by atoms with Crippen LogP contribution in [0.25, 0.3) is 0 Å². The molecule has 0 aliphatic carbocycles. The zero-order valence-corrected chi connectivity index (χ0v) is 12.5. The van der Waals surface area contributed by atoms with Crippen molar-refractivity contribution in [2.24, 2.45) is 5.84 Å². The molecule has 0 saturated carbocycles. The van der Waals surface area contributed by atoms with E-state index in [0.29, 0.717) is 6.04 Å². The third-order valence-corrected chi connectivity index (χ3v) is 4.07. The molecule has 0 aromatic carbocycles. The second-order valence-corrected chi connectivity index (χ2v) is 5.16. The maximum absolute atomic E-state index is 5.61. The summed E-state index contributed by atoms with van der Waals surface area (Å²) in [6.45, 7) is 7.23. The van der Waals surface area contributed by atoms with Crippen molar-refractivity contribution in [3.8, 4) is 0 Å². The van der Waals surface area contributed by atoms with Gasteiger partial charge in [-0.15, -0.1) is 0 Å². The Morgan fingerprint density at radius 3 is 2.71 bits per heavy atom. The van der Waals surface area contributed by atoms with Crippen molar-refractivity contribution in [1.82, 2.24) is 15.2 Å². The summed E-state index contributed by atoms with van der Waals surface area (Å²) < 4.78 is 3.17. The second kappa shape index (κ2) is 7.13. The van der Waals surface area contributed by atoms with Gasteiger partial charge in [0.25, 0.3) is 0 Å². The van der Waals surface area contributed by atoms with Crippen molar-refractivity contribution in [1.29, 1.82) is 0 Å². The summed E-state index contributed by atoms with van der Waals surface area (Å²) in [5.74, 6) is 5.61. The van der Waals surface area contributed by atoms with E-state index in [-0.39, 0.29) is 0 Å². The topological polar surface area (TPSA) is 55.9 Å². The Morgan fingerprint density at radius 1 is 1.47 bits per heavy atom. The van der Waals surface area contributed by atoms with E-state index >= 15 is 0 Å². The highest BCUT2D eigenvalue weighted by atomic mass is 79.9. The normalized spacial score (nSPS) is 13.0. The summed E-state index contributed by atoms with van der Waals surface area (Å²) in [4.78, 5) is 0. The minimum Gasteiger partial charge on any atom is -0.271 e. The summed E-state index contributed by atoms with van der Waals surface area (Å²) in [6.07, 6.45) is 4.43. The molecule has 0 amide bonds. The van der Waals surface area contributed by atoms with Crippen molar-refractivity contribution in [2.45, 2.75) is 59.0 Å². The predicted molar refractivity (Wildman–Crippen MR) is 74.7 cm³/mol. The first-order valence-corrected chi connectivity index (χ1v) is 7.11. The van der Waals surface area contributed by atoms with Gasteiger partial charge in [-0.2, -0.15) is 5.10 Å². The summed E-state index contributed by atoms with van der Waals surface area (Å²) in [7, 11) is 0. The highest BCUT2D eigenvalue weighted by Gasteiger charge is 2.16. The molecule has 0 saturated heterocycles. The van der Waals surface area contributed by atoms with Crippen LogP contribution in [0.3, 0.4) is 0 Å². The van der Waals surface area contributed by atoms with E-state index in [9.17, 15) is 0 Å². The lowest BCUT2D eigenvalue weighted by Gasteiger charge is -2.16. The van der Waals surface area contributed by atoms with Crippen LogP contribution in [0.15, 0.2) is 4.47 Å².